The smallest absolute Gasteiger partial charge is 0.186 e. The lowest BCUT2D eigenvalue weighted by Gasteiger charge is -1.95. The molecule has 0 aromatic rings. The molecule has 0 atom stereocenters. The molecule has 0 aliphatic heterocycles. The van der Waals surface area contributed by atoms with Crippen LogP contribution in [0, 0.1) is 5.41 Å². The van der Waals surface area contributed by atoms with Crippen LogP contribution < -0.4 is 0 Å². The molecule has 0 aromatic carbocycles. The molecule has 0 spiro atoms. The molecule has 0 aliphatic rings. The van der Waals surface area contributed by atoms with Gasteiger partial charge in [0, 0.05) is 6.92 Å². The van der Waals surface area contributed by atoms with Crippen LogP contribution in [-0.2, 0) is 4.74 Å². The summed E-state index contributed by atoms with van der Waals surface area (Å²) < 4.78 is 4.72. The fraction of sp³-hybridized carbons (Fsp3) is 0.600. The monoisotopic (exact) mass is 146 g/mol. The zero-order chi connectivity index (χ0) is 7.28. The first-order valence-corrected chi connectivity index (χ1v) is 3.65. The van der Waals surface area contributed by atoms with E-state index < -0.39 is 0 Å². The second kappa shape index (κ2) is 4.38. The summed E-state index contributed by atoms with van der Waals surface area (Å²) in [5.41, 5.74) is 0. The van der Waals surface area contributed by atoms with Gasteiger partial charge in [0.05, 0.1) is 7.11 Å². The number of hydrogen-bond donors (Lipinski definition) is 1. The minimum Gasteiger partial charge on any atom is -0.484 e. The molecule has 0 heterocycles. The third-order valence-electron chi connectivity index (χ3n) is 0.748. The number of ether oxygens (including phenoxy) is 1. The van der Waals surface area contributed by atoms with E-state index >= 15 is 0 Å². The van der Waals surface area contributed by atoms with Gasteiger partial charge in [-0.05, 0) is 6.26 Å². The molecule has 0 fully saturated rings. The lowest BCUT2D eigenvalue weighted by Crippen LogP contribution is -1.96. The lowest BCUT2D eigenvalue weighted by molar-refractivity contribution is 0.401. The van der Waals surface area contributed by atoms with Gasteiger partial charge in [-0.25, -0.2) is 0 Å². The minimum atomic E-state index is 0.273. The van der Waals surface area contributed by atoms with E-state index in [0.29, 0.717) is 5.90 Å². The number of aliphatic imine (C=N–C) groups is 1. The zero-order valence-corrected chi connectivity index (χ0v) is 6.58. The van der Waals surface area contributed by atoms with E-state index in [4.69, 9.17) is 10.1 Å². The van der Waals surface area contributed by atoms with Gasteiger partial charge in [-0.1, -0.05) is 11.8 Å². The fourth-order valence-electron chi connectivity index (χ4n) is 0.234. The van der Waals surface area contributed by atoms with Crippen molar-refractivity contribution in [2.75, 3.05) is 13.4 Å². The average Bonchev–Trinajstić information content (AvgIpc) is 1.87. The fourth-order valence-corrected chi connectivity index (χ4v) is 0.454. The molecule has 0 bridgehead atoms. The average molecular weight is 146 g/mol. The van der Waals surface area contributed by atoms with Gasteiger partial charge in [0.2, 0.25) is 0 Å². The number of nitrogens with one attached hydrogen (secondary N) is 1. The predicted octanol–water partition coefficient (Wildman–Crippen LogP) is 1.35. The lowest BCUT2D eigenvalue weighted by atomic mass is 10.8. The van der Waals surface area contributed by atoms with E-state index in [1.807, 2.05) is 0 Å². The highest BCUT2D eigenvalue weighted by Gasteiger charge is 1.89. The Kier molecular flexibility index (Phi) is 4.13. The van der Waals surface area contributed by atoms with Crippen molar-refractivity contribution in [2.24, 2.45) is 4.99 Å². The summed E-state index contributed by atoms with van der Waals surface area (Å²) in [5.74, 6) is 0.523. The summed E-state index contributed by atoms with van der Waals surface area (Å²) >= 11 is 1.28. The van der Waals surface area contributed by atoms with Crippen molar-refractivity contribution in [1.29, 1.82) is 5.41 Å². The molecule has 52 valence electrons. The Balaban J connectivity index is 3.79. The molecule has 0 radical (unpaired) electrons. The van der Waals surface area contributed by atoms with Crippen LogP contribution in [0.4, 0.5) is 0 Å². The van der Waals surface area contributed by atoms with Crippen LogP contribution in [-0.4, -0.2) is 24.4 Å². The second-order valence-corrected chi connectivity index (χ2v) is 2.14. The van der Waals surface area contributed by atoms with Crippen molar-refractivity contribution in [3.8, 4) is 0 Å². The van der Waals surface area contributed by atoms with Crippen molar-refractivity contribution >= 4 is 22.8 Å². The highest BCUT2D eigenvalue weighted by Crippen LogP contribution is 1.96. The summed E-state index contributed by atoms with van der Waals surface area (Å²) in [6.07, 6.45) is 1.80. The molecular weight excluding hydrogens is 136 g/mol. The van der Waals surface area contributed by atoms with Crippen molar-refractivity contribution in [3.63, 3.8) is 0 Å². The molecule has 4 heteroatoms. The van der Waals surface area contributed by atoms with Gasteiger partial charge in [0.25, 0.3) is 0 Å². The molecule has 0 unspecified atom stereocenters. The van der Waals surface area contributed by atoms with E-state index in [1.54, 1.807) is 13.2 Å². The summed E-state index contributed by atoms with van der Waals surface area (Å²) in [4.78, 5) is 3.75. The number of nitrogens with zero attached hydrogens (tertiary/aromatic N) is 1. The maximum atomic E-state index is 7.07. The molecule has 0 rings (SSSR count). The molecular formula is C5H10N2OS. The standard InChI is InChI=1S/C5H10N2OS/c1-4(8-2)7-5(6)9-3/h6H,1-3H3. The summed E-state index contributed by atoms with van der Waals surface area (Å²) in [5, 5.41) is 7.34. The van der Waals surface area contributed by atoms with Crippen LogP contribution in [0.1, 0.15) is 6.92 Å². The number of thioether (sulfide) groups is 1. The third-order valence-corrected chi connectivity index (χ3v) is 1.23. The van der Waals surface area contributed by atoms with Gasteiger partial charge in [-0.15, -0.1) is 0 Å². The Hall–Kier alpha value is -0.510. The van der Waals surface area contributed by atoms with E-state index in [-0.39, 0.29) is 5.17 Å². The van der Waals surface area contributed by atoms with Crippen molar-refractivity contribution in [3.05, 3.63) is 0 Å². The predicted molar refractivity (Wildman–Crippen MR) is 41.4 cm³/mol. The Morgan fingerprint density at radius 2 is 2.22 bits per heavy atom. The van der Waals surface area contributed by atoms with E-state index in [9.17, 15) is 0 Å². The molecule has 9 heavy (non-hydrogen) atoms. The van der Waals surface area contributed by atoms with Crippen LogP contribution in [0.15, 0.2) is 4.99 Å². The normalized spacial score (nSPS) is 11.2. The van der Waals surface area contributed by atoms with Crippen molar-refractivity contribution < 1.29 is 4.74 Å². The highest BCUT2D eigenvalue weighted by atomic mass is 32.2. The number of methoxy groups -OCH3 is 1. The van der Waals surface area contributed by atoms with Gasteiger partial charge in [0.15, 0.2) is 11.1 Å². The largest absolute Gasteiger partial charge is 0.484 e. The van der Waals surface area contributed by atoms with Crippen LogP contribution in [0.5, 0.6) is 0 Å². The number of rotatable bonds is 0. The van der Waals surface area contributed by atoms with Crippen LogP contribution in [0.2, 0.25) is 0 Å². The van der Waals surface area contributed by atoms with Crippen LogP contribution in [0.25, 0.3) is 0 Å². The Morgan fingerprint density at radius 3 is 2.56 bits per heavy atom. The van der Waals surface area contributed by atoms with Gasteiger partial charge >= 0.3 is 0 Å². The number of amidine groups is 1. The van der Waals surface area contributed by atoms with Gasteiger partial charge in [0.1, 0.15) is 0 Å². The molecule has 0 saturated carbocycles. The Morgan fingerprint density at radius 1 is 1.67 bits per heavy atom. The first-order valence-electron chi connectivity index (χ1n) is 2.42. The molecule has 3 nitrogen and oxygen atoms in total. The molecule has 1 N–H and O–H groups in total. The van der Waals surface area contributed by atoms with Gasteiger partial charge < -0.3 is 4.74 Å². The second-order valence-electron chi connectivity index (χ2n) is 1.34. The zero-order valence-electron chi connectivity index (χ0n) is 5.76. The SMILES string of the molecule is COC(C)=NC(=N)SC. The maximum Gasteiger partial charge on any atom is 0.186 e. The van der Waals surface area contributed by atoms with E-state index in [2.05, 4.69) is 4.99 Å². The van der Waals surface area contributed by atoms with Crippen molar-refractivity contribution in [2.45, 2.75) is 6.92 Å². The third kappa shape index (κ3) is 4.02. The maximum absolute atomic E-state index is 7.07. The summed E-state index contributed by atoms with van der Waals surface area (Å²) in [6, 6.07) is 0. The molecule has 0 amide bonds. The van der Waals surface area contributed by atoms with Gasteiger partial charge in [-0.2, -0.15) is 4.99 Å². The Bertz CT molecular complexity index is 133. The topological polar surface area (TPSA) is 45.4 Å². The molecule has 0 aliphatic carbocycles. The molecule has 0 aromatic heterocycles. The van der Waals surface area contributed by atoms with Crippen LogP contribution >= 0.6 is 11.8 Å². The summed E-state index contributed by atoms with van der Waals surface area (Å²) in [7, 11) is 1.53. The number of hydrogen-bond acceptors (Lipinski definition) is 3. The van der Waals surface area contributed by atoms with E-state index in [1.165, 1.54) is 18.9 Å². The summed E-state index contributed by atoms with van der Waals surface area (Å²) in [6.45, 7) is 1.71. The van der Waals surface area contributed by atoms with Gasteiger partial charge in [-0.3, -0.25) is 5.41 Å². The van der Waals surface area contributed by atoms with E-state index in [0.717, 1.165) is 0 Å². The first kappa shape index (κ1) is 8.49. The first-order chi connectivity index (χ1) is 4.20. The minimum absolute atomic E-state index is 0.273. The quantitative estimate of drug-likeness (QED) is 0.414. The molecule has 0 saturated heterocycles. The van der Waals surface area contributed by atoms with Crippen molar-refractivity contribution in [1.82, 2.24) is 0 Å². The Labute approximate surface area is 59.0 Å². The van der Waals surface area contributed by atoms with Crippen LogP contribution in [0.3, 0.4) is 0 Å². The highest BCUT2D eigenvalue weighted by molar-refractivity contribution is 8.13.